The van der Waals surface area contributed by atoms with Gasteiger partial charge in [-0.2, -0.15) is 5.10 Å². The second-order valence-corrected chi connectivity index (χ2v) is 6.47. The highest BCUT2D eigenvalue weighted by Gasteiger charge is 2.25. The molecular formula is C14H19Cl2N3O2. The molecule has 0 aromatic carbocycles. The van der Waals surface area contributed by atoms with E-state index < -0.39 is 5.56 Å². The van der Waals surface area contributed by atoms with Crippen LogP contribution in [0.15, 0.2) is 11.0 Å². The second kappa shape index (κ2) is 6.79. The number of halogens is 2. The molecule has 1 aromatic heterocycles. The third-order valence-electron chi connectivity index (χ3n) is 4.15. The van der Waals surface area contributed by atoms with E-state index in [4.69, 9.17) is 23.2 Å². The highest BCUT2D eigenvalue weighted by molar-refractivity contribution is 6.41. The fraction of sp³-hybridized carbons (Fsp3) is 0.643. The average Bonchev–Trinajstić information content (AvgIpc) is 2.48. The van der Waals surface area contributed by atoms with E-state index in [1.807, 2.05) is 0 Å². The molecule has 0 N–H and O–H groups in total. The Morgan fingerprint density at radius 2 is 2.00 bits per heavy atom. The molecule has 0 aliphatic heterocycles. The van der Waals surface area contributed by atoms with Gasteiger partial charge in [0.1, 0.15) is 11.6 Å². The van der Waals surface area contributed by atoms with Crippen LogP contribution in [0.1, 0.15) is 32.6 Å². The predicted octanol–water partition coefficient (Wildman–Crippen LogP) is 2.59. The molecule has 1 aromatic rings. The maximum atomic E-state index is 12.3. The first kappa shape index (κ1) is 16.3. The first-order valence-corrected chi connectivity index (χ1v) is 7.82. The minimum absolute atomic E-state index is 0.0972. The molecule has 5 nitrogen and oxygen atoms in total. The topological polar surface area (TPSA) is 55.2 Å². The van der Waals surface area contributed by atoms with Crippen molar-refractivity contribution in [3.05, 3.63) is 26.6 Å². The predicted molar refractivity (Wildman–Crippen MR) is 82.7 cm³/mol. The van der Waals surface area contributed by atoms with E-state index in [1.165, 1.54) is 6.20 Å². The molecule has 1 heterocycles. The molecule has 1 aliphatic carbocycles. The summed E-state index contributed by atoms with van der Waals surface area (Å²) in [4.78, 5) is 25.9. The standard InChI is InChI=1S/C14H19Cl2N3O2/c1-9-3-5-10(6-4-9)18(2)12(20)8-19-14(21)13(16)11(15)7-17-19/h7,9-10H,3-6,8H2,1-2H3. The molecule has 2 rings (SSSR count). The Kier molecular flexibility index (Phi) is 5.27. The lowest BCUT2D eigenvalue weighted by molar-refractivity contribution is -0.133. The Labute approximate surface area is 133 Å². The summed E-state index contributed by atoms with van der Waals surface area (Å²) in [7, 11) is 1.78. The summed E-state index contributed by atoms with van der Waals surface area (Å²) in [6.07, 6.45) is 5.56. The van der Waals surface area contributed by atoms with Crippen LogP contribution in [-0.4, -0.2) is 33.7 Å². The molecule has 1 saturated carbocycles. The van der Waals surface area contributed by atoms with Crippen LogP contribution in [0.4, 0.5) is 0 Å². The Morgan fingerprint density at radius 1 is 1.38 bits per heavy atom. The number of aromatic nitrogens is 2. The minimum atomic E-state index is -0.539. The maximum Gasteiger partial charge on any atom is 0.287 e. The monoisotopic (exact) mass is 331 g/mol. The quantitative estimate of drug-likeness (QED) is 0.855. The molecule has 116 valence electrons. The van der Waals surface area contributed by atoms with E-state index in [9.17, 15) is 9.59 Å². The summed E-state index contributed by atoms with van der Waals surface area (Å²) >= 11 is 11.5. The molecular weight excluding hydrogens is 313 g/mol. The molecule has 0 radical (unpaired) electrons. The van der Waals surface area contributed by atoms with Gasteiger partial charge in [-0.1, -0.05) is 30.1 Å². The Balaban J connectivity index is 2.04. The van der Waals surface area contributed by atoms with Gasteiger partial charge in [0.25, 0.3) is 5.56 Å². The van der Waals surface area contributed by atoms with Crippen molar-refractivity contribution in [3.8, 4) is 0 Å². The molecule has 0 unspecified atom stereocenters. The van der Waals surface area contributed by atoms with Crippen LogP contribution < -0.4 is 5.56 Å². The number of carbonyl (C=O) groups is 1. The van der Waals surface area contributed by atoms with Crippen LogP contribution >= 0.6 is 23.2 Å². The molecule has 1 fully saturated rings. The molecule has 1 amide bonds. The normalized spacial score (nSPS) is 22.1. The van der Waals surface area contributed by atoms with Gasteiger partial charge < -0.3 is 4.90 Å². The van der Waals surface area contributed by atoms with E-state index in [0.29, 0.717) is 0 Å². The summed E-state index contributed by atoms with van der Waals surface area (Å²) in [6.45, 7) is 2.12. The third kappa shape index (κ3) is 3.77. The Morgan fingerprint density at radius 3 is 2.62 bits per heavy atom. The molecule has 0 saturated heterocycles. The number of likely N-dealkylation sites (N-methyl/N-ethyl adjacent to an activating group) is 1. The van der Waals surface area contributed by atoms with E-state index in [2.05, 4.69) is 12.0 Å². The van der Waals surface area contributed by atoms with Crippen LogP contribution in [0.25, 0.3) is 0 Å². The number of hydrogen-bond acceptors (Lipinski definition) is 3. The average molecular weight is 332 g/mol. The van der Waals surface area contributed by atoms with Crippen LogP contribution in [0.5, 0.6) is 0 Å². The fourth-order valence-corrected chi connectivity index (χ4v) is 2.90. The molecule has 7 heteroatoms. The van der Waals surface area contributed by atoms with E-state index in [0.717, 1.165) is 36.3 Å². The van der Waals surface area contributed by atoms with Crippen LogP contribution in [0.2, 0.25) is 10.0 Å². The van der Waals surface area contributed by atoms with Gasteiger partial charge in [-0.3, -0.25) is 9.59 Å². The lowest BCUT2D eigenvalue weighted by Gasteiger charge is -2.33. The molecule has 21 heavy (non-hydrogen) atoms. The van der Waals surface area contributed by atoms with Gasteiger partial charge in [0.15, 0.2) is 0 Å². The van der Waals surface area contributed by atoms with Gasteiger partial charge in [-0.25, -0.2) is 4.68 Å². The zero-order valence-corrected chi connectivity index (χ0v) is 13.7. The van der Waals surface area contributed by atoms with E-state index in [1.54, 1.807) is 11.9 Å². The van der Waals surface area contributed by atoms with Crippen molar-refractivity contribution in [2.45, 2.75) is 45.2 Å². The lowest BCUT2D eigenvalue weighted by Crippen LogP contribution is -2.42. The smallest absolute Gasteiger partial charge is 0.287 e. The summed E-state index contributed by atoms with van der Waals surface area (Å²) in [5.41, 5.74) is -0.539. The molecule has 0 atom stereocenters. The first-order valence-electron chi connectivity index (χ1n) is 7.07. The zero-order chi connectivity index (χ0) is 15.6. The summed E-state index contributed by atoms with van der Waals surface area (Å²) in [5.74, 6) is 0.589. The molecule has 0 bridgehead atoms. The fourth-order valence-electron chi connectivity index (χ4n) is 2.63. The Bertz CT molecular complexity index is 580. The van der Waals surface area contributed by atoms with E-state index >= 15 is 0 Å². The van der Waals surface area contributed by atoms with Crippen LogP contribution in [0, 0.1) is 5.92 Å². The summed E-state index contributed by atoms with van der Waals surface area (Å²) in [5, 5.41) is 3.85. The van der Waals surface area contributed by atoms with Gasteiger partial charge in [0, 0.05) is 13.1 Å². The third-order valence-corrected chi connectivity index (χ3v) is 4.90. The van der Waals surface area contributed by atoms with Gasteiger partial charge in [-0.15, -0.1) is 0 Å². The molecule has 0 spiro atoms. The maximum absolute atomic E-state index is 12.3. The van der Waals surface area contributed by atoms with Crippen molar-refractivity contribution in [2.24, 2.45) is 5.92 Å². The lowest BCUT2D eigenvalue weighted by atomic mass is 9.87. The minimum Gasteiger partial charge on any atom is -0.341 e. The van der Waals surface area contributed by atoms with Crippen LogP contribution in [0.3, 0.4) is 0 Å². The van der Waals surface area contributed by atoms with Crippen molar-refractivity contribution in [2.75, 3.05) is 7.05 Å². The second-order valence-electron chi connectivity index (χ2n) is 5.69. The summed E-state index contributed by atoms with van der Waals surface area (Å²) in [6, 6.07) is 0.243. The van der Waals surface area contributed by atoms with Gasteiger partial charge in [-0.05, 0) is 31.6 Å². The first-order chi connectivity index (χ1) is 9.90. The number of carbonyl (C=O) groups excluding carboxylic acids is 1. The number of nitrogens with zero attached hydrogens (tertiary/aromatic N) is 3. The highest BCUT2D eigenvalue weighted by Crippen LogP contribution is 2.26. The van der Waals surface area contributed by atoms with Gasteiger partial charge in [0.2, 0.25) is 5.91 Å². The van der Waals surface area contributed by atoms with Crippen molar-refractivity contribution in [1.82, 2.24) is 14.7 Å². The van der Waals surface area contributed by atoms with Gasteiger partial charge >= 0.3 is 0 Å². The van der Waals surface area contributed by atoms with Crippen molar-refractivity contribution >= 4 is 29.1 Å². The Hall–Kier alpha value is -1.07. The van der Waals surface area contributed by atoms with Gasteiger partial charge in [0.05, 0.1) is 11.2 Å². The number of amides is 1. The largest absolute Gasteiger partial charge is 0.341 e. The zero-order valence-electron chi connectivity index (χ0n) is 12.2. The van der Waals surface area contributed by atoms with Crippen LogP contribution in [-0.2, 0) is 11.3 Å². The SMILES string of the molecule is CC1CCC(N(C)C(=O)Cn2ncc(Cl)c(Cl)c2=O)CC1. The number of hydrogen-bond donors (Lipinski definition) is 0. The van der Waals surface area contributed by atoms with E-state index in [-0.39, 0.29) is 28.5 Å². The molecule has 1 aliphatic rings. The number of rotatable bonds is 3. The van der Waals surface area contributed by atoms with Crippen molar-refractivity contribution in [1.29, 1.82) is 0 Å². The van der Waals surface area contributed by atoms with Crippen molar-refractivity contribution < 1.29 is 4.79 Å². The highest BCUT2D eigenvalue weighted by atomic mass is 35.5. The summed E-state index contributed by atoms with van der Waals surface area (Å²) < 4.78 is 1.05. The van der Waals surface area contributed by atoms with Crippen molar-refractivity contribution in [3.63, 3.8) is 0 Å².